The summed E-state index contributed by atoms with van der Waals surface area (Å²) in [5, 5.41) is 3.50. The van der Waals surface area contributed by atoms with Crippen LogP contribution >= 0.6 is 0 Å². The van der Waals surface area contributed by atoms with E-state index in [1.54, 1.807) is 0 Å². The predicted molar refractivity (Wildman–Crippen MR) is 69.7 cm³/mol. The van der Waals surface area contributed by atoms with Crippen molar-refractivity contribution in [3.8, 4) is 0 Å². The summed E-state index contributed by atoms with van der Waals surface area (Å²) in [6, 6.07) is 1.69. The number of hydrogen-bond donors (Lipinski definition) is 1. The van der Waals surface area contributed by atoms with Crippen LogP contribution in [0.2, 0.25) is 0 Å². The number of hydrogen-bond acceptors (Lipinski definition) is 2. The Balaban J connectivity index is 1.87. The molecule has 0 aromatic carbocycles. The molecule has 2 fully saturated rings. The Labute approximate surface area is 101 Å². The summed E-state index contributed by atoms with van der Waals surface area (Å²) in [6.07, 6.45) is 10.0. The highest BCUT2D eigenvalue weighted by Gasteiger charge is 2.30. The van der Waals surface area contributed by atoms with Gasteiger partial charge in [0.15, 0.2) is 0 Å². The summed E-state index contributed by atoms with van der Waals surface area (Å²) in [6.45, 7) is 5.01. The molecule has 1 N–H and O–H groups in total. The van der Waals surface area contributed by atoms with Gasteiger partial charge >= 0.3 is 0 Å². The van der Waals surface area contributed by atoms with E-state index in [9.17, 15) is 0 Å². The molecule has 1 aliphatic heterocycles. The van der Waals surface area contributed by atoms with Crippen LogP contribution in [0.3, 0.4) is 0 Å². The van der Waals surface area contributed by atoms with E-state index in [0.29, 0.717) is 0 Å². The lowest BCUT2D eigenvalue weighted by Gasteiger charge is -2.43. The molecule has 0 spiro atoms. The second kappa shape index (κ2) is 6.02. The van der Waals surface area contributed by atoms with Crippen molar-refractivity contribution in [1.82, 2.24) is 10.2 Å². The van der Waals surface area contributed by atoms with Crippen LogP contribution < -0.4 is 5.32 Å². The SMILES string of the molecule is CCC1CN(C2CCCCC2)CCC1NC. The summed E-state index contributed by atoms with van der Waals surface area (Å²) in [5.74, 6) is 0.876. The van der Waals surface area contributed by atoms with Gasteiger partial charge in [0.25, 0.3) is 0 Å². The maximum absolute atomic E-state index is 3.50. The molecule has 0 amide bonds. The minimum Gasteiger partial charge on any atom is -0.317 e. The average molecular weight is 224 g/mol. The van der Waals surface area contributed by atoms with E-state index >= 15 is 0 Å². The molecule has 2 heteroatoms. The summed E-state index contributed by atoms with van der Waals surface area (Å²) in [7, 11) is 2.13. The van der Waals surface area contributed by atoms with Gasteiger partial charge in [-0.05, 0) is 38.8 Å². The smallest absolute Gasteiger partial charge is 0.0117 e. The first-order chi connectivity index (χ1) is 7.85. The molecule has 2 aliphatic rings. The van der Waals surface area contributed by atoms with E-state index in [2.05, 4.69) is 24.2 Å². The Kier molecular flexibility index (Phi) is 4.66. The predicted octanol–water partition coefficient (Wildman–Crippen LogP) is 2.64. The van der Waals surface area contributed by atoms with E-state index in [-0.39, 0.29) is 0 Å². The first-order valence-corrected chi connectivity index (χ1v) is 7.26. The van der Waals surface area contributed by atoms with Crippen LogP contribution in [0.5, 0.6) is 0 Å². The third kappa shape index (κ3) is 2.78. The largest absolute Gasteiger partial charge is 0.317 e. The van der Waals surface area contributed by atoms with Crippen LogP contribution in [0.4, 0.5) is 0 Å². The van der Waals surface area contributed by atoms with E-state index < -0.39 is 0 Å². The summed E-state index contributed by atoms with van der Waals surface area (Å²) >= 11 is 0. The molecule has 0 aromatic heterocycles. The fourth-order valence-corrected chi connectivity index (χ4v) is 3.63. The Morgan fingerprint density at radius 1 is 1.12 bits per heavy atom. The number of piperidine rings is 1. The third-order valence-electron chi connectivity index (χ3n) is 4.75. The molecule has 94 valence electrons. The van der Waals surface area contributed by atoms with Crippen molar-refractivity contribution in [3.63, 3.8) is 0 Å². The molecule has 16 heavy (non-hydrogen) atoms. The molecular weight excluding hydrogens is 196 g/mol. The van der Waals surface area contributed by atoms with E-state index in [0.717, 1.165) is 18.0 Å². The lowest BCUT2D eigenvalue weighted by molar-refractivity contribution is 0.0780. The first kappa shape index (κ1) is 12.4. The molecule has 0 aromatic rings. The fourth-order valence-electron chi connectivity index (χ4n) is 3.63. The molecule has 2 rings (SSSR count). The second-order valence-corrected chi connectivity index (χ2v) is 5.64. The standard InChI is InChI=1S/C14H28N2/c1-3-12-11-16(10-9-14(12)15-2)13-7-5-4-6-8-13/h12-15H,3-11H2,1-2H3. The molecule has 0 radical (unpaired) electrons. The molecule has 2 atom stereocenters. The molecule has 1 aliphatic carbocycles. The molecule has 0 bridgehead atoms. The average Bonchev–Trinajstić information content (AvgIpc) is 2.39. The van der Waals surface area contributed by atoms with Gasteiger partial charge in [0, 0.05) is 18.6 Å². The topological polar surface area (TPSA) is 15.3 Å². The minimum atomic E-state index is 0.768. The number of nitrogens with zero attached hydrogens (tertiary/aromatic N) is 1. The Morgan fingerprint density at radius 2 is 1.88 bits per heavy atom. The first-order valence-electron chi connectivity index (χ1n) is 7.26. The van der Waals surface area contributed by atoms with Gasteiger partial charge in [-0.25, -0.2) is 0 Å². The fraction of sp³-hybridized carbons (Fsp3) is 1.00. The van der Waals surface area contributed by atoms with Crippen LogP contribution in [0.25, 0.3) is 0 Å². The quantitative estimate of drug-likeness (QED) is 0.793. The van der Waals surface area contributed by atoms with Crippen molar-refractivity contribution in [2.75, 3.05) is 20.1 Å². The zero-order valence-electron chi connectivity index (χ0n) is 11.0. The molecule has 1 saturated carbocycles. The zero-order chi connectivity index (χ0) is 11.4. The highest BCUT2D eigenvalue weighted by Crippen LogP contribution is 2.28. The Morgan fingerprint density at radius 3 is 2.50 bits per heavy atom. The van der Waals surface area contributed by atoms with Crippen molar-refractivity contribution in [2.24, 2.45) is 5.92 Å². The van der Waals surface area contributed by atoms with Crippen molar-refractivity contribution in [2.45, 2.75) is 64.0 Å². The Bertz CT molecular complexity index is 199. The molecule has 1 heterocycles. The zero-order valence-corrected chi connectivity index (χ0v) is 11.0. The van der Waals surface area contributed by atoms with Crippen molar-refractivity contribution >= 4 is 0 Å². The van der Waals surface area contributed by atoms with Gasteiger partial charge in [-0.1, -0.05) is 32.6 Å². The van der Waals surface area contributed by atoms with Crippen LogP contribution in [-0.2, 0) is 0 Å². The van der Waals surface area contributed by atoms with Crippen molar-refractivity contribution in [3.05, 3.63) is 0 Å². The summed E-state index contributed by atoms with van der Waals surface area (Å²) in [4.78, 5) is 2.79. The van der Waals surface area contributed by atoms with Gasteiger partial charge in [0.1, 0.15) is 0 Å². The van der Waals surface area contributed by atoms with Gasteiger partial charge in [0.2, 0.25) is 0 Å². The minimum absolute atomic E-state index is 0.768. The van der Waals surface area contributed by atoms with E-state index in [1.807, 2.05) is 0 Å². The third-order valence-corrected chi connectivity index (χ3v) is 4.75. The van der Waals surface area contributed by atoms with E-state index in [4.69, 9.17) is 0 Å². The molecular formula is C14H28N2. The van der Waals surface area contributed by atoms with Gasteiger partial charge < -0.3 is 5.32 Å². The number of rotatable bonds is 3. The maximum atomic E-state index is 3.50. The van der Waals surface area contributed by atoms with Gasteiger partial charge in [-0.3, -0.25) is 4.90 Å². The van der Waals surface area contributed by atoms with Gasteiger partial charge in [0.05, 0.1) is 0 Å². The van der Waals surface area contributed by atoms with Crippen LogP contribution in [0.15, 0.2) is 0 Å². The van der Waals surface area contributed by atoms with E-state index in [1.165, 1.54) is 58.0 Å². The normalized spacial score (nSPS) is 34.1. The molecule has 2 unspecified atom stereocenters. The van der Waals surface area contributed by atoms with Crippen LogP contribution in [0, 0.1) is 5.92 Å². The highest BCUT2D eigenvalue weighted by atomic mass is 15.2. The number of likely N-dealkylation sites (tertiary alicyclic amines) is 1. The van der Waals surface area contributed by atoms with Gasteiger partial charge in [-0.2, -0.15) is 0 Å². The molecule has 1 saturated heterocycles. The van der Waals surface area contributed by atoms with Crippen LogP contribution in [0.1, 0.15) is 51.9 Å². The second-order valence-electron chi connectivity index (χ2n) is 5.64. The van der Waals surface area contributed by atoms with Crippen molar-refractivity contribution in [1.29, 1.82) is 0 Å². The van der Waals surface area contributed by atoms with Crippen LogP contribution in [-0.4, -0.2) is 37.1 Å². The Hall–Kier alpha value is -0.0800. The maximum Gasteiger partial charge on any atom is 0.0117 e. The van der Waals surface area contributed by atoms with Crippen molar-refractivity contribution < 1.29 is 0 Å². The summed E-state index contributed by atoms with van der Waals surface area (Å²) < 4.78 is 0. The number of nitrogens with one attached hydrogen (secondary N) is 1. The van der Waals surface area contributed by atoms with Gasteiger partial charge in [-0.15, -0.1) is 0 Å². The molecule has 2 nitrogen and oxygen atoms in total. The lowest BCUT2D eigenvalue weighted by atomic mass is 9.86. The highest BCUT2D eigenvalue weighted by molar-refractivity contribution is 4.87. The monoisotopic (exact) mass is 224 g/mol. The lowest BCUT2D eigenvalue weighted by Crippen LogP contribution is -2.51. The summed E-state index contributed by atoms with van der Waals surface area (Å²) in [5.41, 5.74) is 0.